The number of benzene rings is 9. The van der Waals surface area contributed by atoms with Crippen LogP contribution in [0.5, 0.6) is 0 Å². The predicted octanol–water partition coefficient (Wildman–Crippen LogP) is 17.6. The van der Waals surface area contributed by atoms with Crippen molar-refractivity contribution < 1.29 is 75.4 Å². The van der Waals surface area contributed by atoms with E-state index in [0.29, 0.717) is 60.2 Å². The summed E-state index contributed by atoms with van der Waals surface area (Å²) < 4.78 is 132. The molecule has 0 aromatic heterocycles. The average molecular weight is 1430 g/mol. The Hall–Kier alpha value is -7.87. The zero-order valence-electron chi connectivity index (χ0n) is 51.0. The maximum Gasteiger partial charge on any atom is 0.193 e. The van der Waals surface area contributed by atoms with Crippen LogP contribution in [0.25, 0.3) is 5.57 Å². The van der Waals surface area contributed by atoms with Gasteiger partial charge in [-0.25, -0.2) is 53.6 Å². The van der Waals surface area contributed by atoms with Crippen molar-refractivity contribution in [1.29, 1.82) is 5.26 Å². The van der Waals surface area contributed by atoms with E-state index < -0.39 is 46.1 Å². The number of nitriles is 1. The van der Waals surface area contributed by atoms with Gasteiger partial charge in [0, 0.05) is 55.0 Å². The molecule has 22 heteroatoms. The van der Waals surface area contributed by atoms with Crippen LogP contribution in [0, 0.1) is 63.7 Å². The number of carbonyl (C=O) groups is 1. The maximum atomic E-state index is 13.3. The van der Waals surface area contributed by atoms with Crippen molar-refractivity contribution in [2.45, 2.75) is 64.1 Å². The normalized spacial score (nSPS) is 11.6. The Labute approximate surface area is 593 Å². The SMILES string of the molecule is C.C.Fc1cccc(C(=CCNCl)c2cccc(F)c2)c1.Fc1cccc(C(CCNCl)c2cccc(F)c2)c1.N#CCC(O)(C1=CC(F)=CCC1)c1cccc(F)c1.NCCC(O)(c1cccc(F)c1)c1cccc(F)c1.O=C(c1cccc(F)c1)c1cccc(F)c1.[AlH2].[B].[Ni]. The minimum atomic E-state index is -1.64. The molecule has 0 bridgehead atoms. The van der Waals surface area contributed by atoms with Gasteiger partial charge in [-0.3, -0.25) is 4.79 Å². The minimum Gasteiger partial charge on any atom is -0.380 e. The van der Waals surface area contributed by atoms with Crippen LogP contribution in [0.2, 0.25) is 0 Å². The van der Waals surface area contributed by atoms with Crippen molar-refractivity contribution in [3.8, 4) is 6.07 Å². The van der Waals surface area contributed by atoms with Crippen LogP contribution >= 0.6 is 23.6 Å². The van der Waals surface area contributed by atoms with Gasteiger partial charge in [0.1, 0.15) is 86.7 Å². The van der Waals surface area contributed by atoms with Gasteiger partial charge in [-0.1, -0.05) is 130 Å². The van der Waals surface area contributed by atoms with Crippen LogP contribution in [-0.2, 0) is 27.7 Å². The number of hydrogen-bond acceptors (Lipinski definition) is 7. The molecule has 1 aliphatic carbocycles. The summed E-state index contributed by atoms with van der Waals surface area (Å²) in [5.74, 6) is -4.54. The van der Waals surface area contributed by atoms with Crippen LogP contribution in [0.1, 0.15) is 108 Å². The van der Waals surface area contributed by atoms with Gasteiger partial charge in [0.15, 0.2) is 5.78 Å². The van der Waals surface area contributed by atoms with E-state index in [1.54, 1.807) is 54.6 Å². The van der Waals surface area contributed by atoms with E-state index in [4.69, 9.17) is 34.5 Å². The number of hydrogen-bond donors (Lipinski definition) is 5. The van der Waals surface area contributed by atoms with Crippen molar-refractivity contribution in [2.24, 2.45) is 5.73 Å². The second-order valence-electron chi connectivity index (χ2n) is 20.6. The summed E-state index contributed by atoms with van der Waals surface area (Å²) in [5, 5.41) is 30.4. The van der Waals surface area contributed by atoms with Crippen molar-refractivity contribution in [3.05, 3.63) is 350 Å². The molecular weight excluding hydrogens is 1360 g/mol. The van der Waals surface area contributed by atoms with Gasteiger partial charge in [0.2, 0.25) is 0 Å². The van der Waals surface area contributed by atoms with Crippen LogP contribution < -0.4 is 15.4 Å². The Kier molecular flexibility index (Phi) is 39.6. The number of nitrogens with two attached hydrogens (primary N) is 1. The van der Waals surface area contributed by atoms with Crippen LogP contribution in [0.4, 0.5) is 43.9 Å². The van der Waals surface area contributed by atoms with Crippen molar-refractivity contribution in [2.75, 3.05) is 19.6 Å². The predicted molar refractivity (Wildman–Crippen MR) is 367 cm³/mol. The molecule has 7 nitrogen and oxygen atoms in total. The van der Waals surface area contributed by atoms with Crippen LogP contribution in [-0.4, -0.2) is 61.4 Å². The molecule has 0 aliphatic heterocycles. The third-order valence-corrected chi connectivity index (χ3v) is 14.5. The number of halogens is 12. The first-order valence-corrected chi connectivity index (χ1v) is 29.3. The van der Waals surface area contributed by atoms with E-state index in [9.17, 15) is 58.9 Å². The Morgan fingerprint density at radius 2 is 0.887 bits per heavy atom. The van der Waals surface area contributed by atoms with E-state index in [0.717, 1.165) is 28.8 Å². The number of rotatable bonds is 18. The van der Waals surface area contributed by atoms with Crippen LogP contribution in [0.3, 0.4) is 0 Å². The van der Waals surface area contributed by atoms with Gasteiger partial charge in [-0.2, -0.15) is 5.26 Å². The third-order valence-electron chi connectivity index (χ3n) is 14.2. The van der Waals surface area contributed by atoms with E-state index in [1.165, 1.54) is 158 Å². The van der Waals surface area contributed by atoms with Gasteiger partial charge in [-0.05, 0) is 227 Å². The summed E-state index contributed by atoms with van der Waals surface area (Å²) in [6.45, 7) is 1.15. The number of nitrogens with zero attached hydrogens (tertiary/aromatic N) is 1. The van der Waals surface area contributed by atoms with Crippen LogP contribution in [0.15, 0.2) is 248 Å². The summed E-state index contributed by atoms with van der Waals surface area (Å²) in [4.78, 5) is 16.8. The average Bonchev–Trinajstić information content (AvgIpc) is 0.805. The molecule has 9 aromatic carbocycles. The van der Waals surface area contributed by atoms with Gasteiger partial charge in [0.05, 0.1) is 12.5 Å². The molecule has 4 radical (unpaired) electrons. The van der Waals surface area contributed by atoms with Gasteiger partial charge < -0.3 is 15.9 Å². The topological polar surface area (TPSA) is 131 Å². The molecular formula is C75H72AlBCl2F10N4NiO3. The molecule has 97 heavy (non-hydrogen) atoms. The largest absolute Gasteiger partial charge is 0.380 e. The molecule has 9 aromatic rings. The standard InChI is InChI=1S/C15H14ClF2N.C15H12ClF2N.C15H15F2NO.C15H13F2NO.C13H8F2O.2CH4.Al.B.Ni.2H/c2*16-19-8-7-15(11-3-1-5-13(17)9-11)12-4-2-6-14(18)10-12;2*16-13-5-1-3-11(9-13)15(19,7-8-18)12-4-2-6-14(17)10-12;14-11-5-1-3-9(7-11)13(16)10-4-2-6-12(15)8-10;;;;;;;/h1-6,9-10,15,19H,7-8H2;1-7,9-10,19H,8H2;1-6,9-10,19H,7-8,18H2;1,3,5-6,9-10,19H,2,4,7H2;1-8H;2*1H4;;;;;. The molecule has 0 saturated heterocycles. The van der Waals surface area contributed by atoms with Crippen molar-refractivity contribution >= 4 is 60.7 Å². The number of aliphatic hydroxyl groups is 2. The summed E-state index contributed by atoms with van der Waals surface area (Å²) >= 11 is 10.9. The molecule has 0 spiro atoms. The van der Waals surface area contributed by atoms with Crippen molar-refractivity contribution in [1.82, 2.24) is 9.67 Å². The fourth-order valence-corrected chi connectivity index (χ4v) is 10.0. The zero-order valence-corrected chi connectivity index (χ0v) is 55.5. The first kappa shape index (κ1) is 87.1. The molecule has 6 N–H and O–H groups in total. The first-order chi connectivity index (χ1) is 44.2. The second kappa shape index (κ2) is 44.1. The third kappa shape index (κ3) is 26.8. The molecule has 1 aliphatic rings. The quantitative estimate of drug-likeness (QED) is 0.0250. The molecule has 0 saturated carbocycles. The first-order valence-electron chi connectivity index (χ1n) is 28.5. The fraction of sp³-hybridized carbons (Fsp3) is 0.173. The van der Waals surface area contributed by atoms with E-state index >= 15 is 0 Å². The Balaban J connectivity index is 0.000000599. The van der Waals surface area contributed by atoms with Gasteiger partial charge >= 0.3 is 0 Å². The van der Waals surface area contributed by atoms with E-state index in [1.807, 2.05) is 18.2 Å². The Bertz CT molecular complexity index is 3870. The molecule has 1 unspecified atom stereocenters. The Morgan fingerprint density at radius 3 is 1.23 bits per heavy atom. The second-order valence-corrected chi connectivity index (χ2v) is 21.1. The van der Waals surface area contributed by atoms with E-state index in [2.05, 4.69) is 9.67 Å². The number of nitrogens with one attached hydrogen (secondary N) is 2. The summed E-state index contributed by atoms with van der Waals surface area (Å²) in [5.41, 5.74) is 7.95. The molecule has 0 heterocycles. The molecule has 10 rings (SSSR count). The Morgan fingerprint density at radius 1 is 0.536 bits per heavy atom. The molecule has 0 fully saturated rings. The molecule has 510 valence electrons. The van der Waals surface area contributed by atoms with Gasteiger partial charge in [0.25, 0.3) is 0 Å². The maximum absolute atomic E-state index is 13.3. The molecule has 1 atom stereocenters. The van der Waals surface area contributed by atoms with E-state index in [-0.39, 0.29) is 128 Å². The van der Waals surface area contributed by atoms with Gasteiger partial charge in [-0.15, -0.1) is 0 Å². The minimum absolute atomic E-state index is 0. The van der Waals surface area contributed by atoms with Crippen molar-refractivity contribution in [3.63, 3.8) is 0 Å². The monoisotopic (exact) mass is 1430 g/mol. The number of allylic oxidation sites excluding steroid dienone is 3. The smallest absolute Gasteiger partial charge is 0.193 e. The summed E-state index contributed by atoms with van der Waals surface area (Å²) in [7, 11) is 0. The fourth-order valence-electron chi connectivity index (χ4n) is 9.86. The summed E-state index contributed by atoms with van der Waals surface area (Å²) in [6, 6.07) is 54.3. The zero-order chi connectivity index (χ0) is 66.6. The summed E-state index contributed by atoms with van der Waals surface area (Å²) in [6.07, 6.45) is 5.94. The molecule has 0 amide bonds. The number of ketones is 1. The number of carbonyl (C=O) groups excluding carboxylic acids is 1.